The van der Waals surface area contributed by atoms with Gasteiger partial charge in [-0.2, -0.15) is 0 Å². The van der Waals surface area contributed by atoms with E-state index >= 15 is 0 Å². The summed E-state index contributed by atoms with van der Waals surface area (Å²) in [6, 6.07) is 6.78. The van der Waals surface area contributed by atoms with Crippen LogP contribution in [0.4, 0.5) is 13.2 Å². The average Bonchev–Trinajstić information content (AvgIpc) is 2.97. The lowest BCUT2D eigenvalue weighted by molar-refractivity contribution is -0.274. The van der Waals surface area contributed by atoms with Crippen LogP contribution in [0.25, 0.3) is 0 Å². The SMILES string of the molecule is CC[C@@H]1C[C@@]2(CCN1C(C)C)CC(c1ccc(OC(F)(F)F)cc1)=NO2. The van der Waals surface area contributed by atoms with E-state index in [1.165, 1.54) is 12.1 Å². The second-order valence-corrected chi connectivity index (χ2v) is 7.41. The summed E-state index contributed by atoms with van der Waals surface area (Å²) < 4.78 is 40.7. The first-order valence-electron chi connectivity index (χ1n) is 9.08. The number of nitrogens with zero attached hydrogens (tertiary/aromatic N) is 2. The fourth-order valence-corrected chi connectivity index (χ4v) is 3.99. The molecule has 1 fully saturated rings. The molecule has 2 aliphatic heterocycles. The van der Waals surface area contributed by atoms with Crippen molar-refractivity contribution in [2.75, 3.05) is 6.54 Å². The molecule has 1 aromatic rings. The molecule has 7 heteroatoms. The predicted octanol–water partition coefficient (Wildman–Crippen LogP) is 4.73. The third-order valence-electron chi connectivity index (χ3n) is 5.30. The van der Waals surface area contributed by atoms with E-state index in [1.807, 2.05) is 0 Å². The smallest absolute Gasteiger partial charge is 0.406 e. The Morgan fingerprint density at radius 2 is 2.00 bits per heavy atom. The van der Waals surface area contributed by atoms with Crippen LogP contribution in [0.1, 0.15) is 52.0 Å². The molecule has 0 unspecified atom stereocenters. The second kappa shape index (κ2) is 7.10. The average molecular weight is 370 g/mol. The number of benzene rings is 1. The van der Waals surface area contributed by atoms with Crippen molar-refractivity contribution in [1.29, 1.82) is 0 Å². The lowest BCUT2D eigenvalue weighted by Crippen LogP contribution is -2.52. The molecule has 144 valence electrons. The molecule has 26 heavy (non-hydrogen) atoms. The zero-order chi connectivity index (χ0) is 18.9. The Labute approximate surface area is 151 Å². The zero-order valence-corrected chi connectivity index (χ0v) is 15.3. The Morgan fingerprint density at radius 3 is 2.58 bits per heavy atom. The summed E-state index contributed by atoms with van der Waals surface area (Å²) in [5.74, 6) is -0.230. The number of rotatable bonds is 4. The maximum Gasteiger partial charge on any atom is 0.573 e. The van der Waals surface area contributed by atoms with Crippen molar-refractivity contribution < 1.29 is 22.7 Å². The highest BCUT2D eigenvalue weighted by molar-refractivity contribution is 6.01. The Hall–Kier alpha value is -1.76. The standard InChI is InChI=1S/C19H25F3N2O2/c1-4-15-11-18(9-10-24(15)13(2)3)12-17(23-26-18)14-5-7-16(8-6-14)25-19(20,21)22/h5-8,13,15H,4,9-12H2,1-3H3/t15-,18+/m1/s1. The van der Waals surface area contributed by atoms with Gasteiger partial charge in [0.25, 0.3) is 0 Å². The van der Waals surface area contributed by atoms with Gasteiger partial charge in [-0.05, 0) is 50.1 Å². The summed E-state index contributed by atoms with van der Waals surface area (Å²) in [4.78, 5) is 8.38. The number of likely N-dealkylation sites (tertiary alicyclic amines) is 1. The highest BCUT2D eigenvalue weighted by Crippen LogP contribution is 2.40. The van der Waals surface area contributed by atoms with Crippen LogP contribution in [0.15, 0.2) is 29.4 Å². The van der Waals surface area contributed by atoms with Gasteiger partial charge < -0.3 is 9.57 Å². The molecule has 1 spiro atoms. The van der Waals surface area contributed by atoms with E-state index in [2.05, 4.69) is 35.6 Å². The van der Waals surface area contributed by atoms with E-state index in [9.17, 15) is 13.2 Å². The van der Waals surface area contributed by atoms with Crippen LogP contribution in [0, 0.1) is 0 Å². The molecule has 3 rings (SSSR count). The van der Waals surface area contributed by atoms with Crippen molar-refractivity contribution in [2.24, 2.45) is 5.16 Å². The maximum absolute atomic E-state index is 12.3. The molecule has 0 radical (unpaired) electrons. The number of hydrogen-bond acceptors (Lipinski definition) is 4. The van der Waals surface area contributed by atoms with E-state index < -0.39 is 6.36 Å². The van der Waals surface area contributed by atoms with Gasteiger partial charge in [0.2, 0.25) is 0 Å². The lowest BCUT2D eigenvalue weighted by Gasteiger charge is -2.45. The number of piperidine rings is 1. The van der Waals surface area contributed by atoms with Crippen molar-refractivity contribution >= 4 is 5.71 Å². The van der Waals surface area contributed by atoms with E-state index in [4.69, 9.17) is 4.84 Å². The third-order valence-corrected chi connectivity index (χ3v) is 5.30. The van der Waals surface area contributed by atoms with Gasteiger partial charge in [-0.15, -0.1) is 13.2 Å². The van der Waals surface area contributed by atoms with Crippen molar-refractivity contribution in [3.8, 4) is 5.75 Å². The van der Waals surface area contributed by atoms with Crippen molar-refractivity contribution in [2.45, 2.75) is 70.5 Å². The molecule has 1 aromatic carbocycles. The number of halogens is 3. The first kappa shape index (κ1) is 19.0. The molecule has 4 nitrogen and oxygen atoms in total. The number of hydrogen-bond donors (Lipinski definition) is 0. The first-order valence-corrected chi connectivity index (χ1v) is 9.08. The van der Waals surface area contributed by atoms with Crippen LogP contribution in [0.3, 0.4) is 0 Å². The fraction of sp³-hybridized carbons (Fsp3) is 0.632. The molecule has 0 bridgehead atoms. The normalized spacial score (nSPS) is 26.9. The van der Waals surface area contributed by atoms with Gasteiger partial charge in [-0.3, -0.25) is 4.90 Å². The van der Waals surface area contributed by atoms with Crippen molar-refractivity contribution in [3.05, 3.63) is 29.8 Å². The largest absolute Gasteiger partial charge is 0.573 e. The molecule has 0 N–H and O–H groups in total. The maximum atomic E-state index is 12.3. The van der Waals surface area contributed by atoms with Crippen molar-refractivity contribution in [1.82, 2.24) is 4.90 Å². The first-order chi connectivity index (χ1) is 12.2. The van der Waals surface area contributed by atoms with Crippen molar-refractivity contribution in [3.63, 3.8) is 0 Å². The summed E-state index contributed by atoms with van der Waals surface area (Å²) in [5, 5.41) is 4.26. The van der Waals surface area contributed by atoms with Gasteiger partial charge in [-0.1, -0.05) is 12.1 Å². The van der Waals surface area contributed by atoms with E-state index in [-0.39, 0.29) is 11.4 Å². The molecule has 0 aliphatic carbocycles. The number of alkyl halides is 3. The summed E-state index contributed by atoms with van der Waals surface area (Å²) in [6.45, 7) is 7.58. The van der Waals surface area contributed by atoms with Crippen LogP contribution < -0.4 is 4.74 Å². The van der Waals surface area contributed by atoms with E-state index in [0.29, 0.717) is 18.5 Å². The third kappa shape index (κ3) is 4.14. The molecule has 1 saturated heterocycles. The molecular formula is C19H25F3N2O2. The zero-order valence-electron chi connectivity index (χ0n) is 15.3. The van der Waals surface area contributed by atoms with E-state index in [1.54, 1.807) is 12.1 Å². The number of oxime groups is 1. The highest BCUT2D eigenvalue weighted by Gasteiger charge is 2.46. The molecule has 2 aliphatic rings. The number of ether oxygens (including phenoxy) is 1. The predicted molar refractivity (Wildman–Crippen MR) is 93.3 cm³/mol. The quantitative estimate of drug-likeness (QED) is 0.768. The minimum absolute atomic E-state index is 0.230. The van der Waals surface area contributed by atoms with Crippen LogP contribution in [-0.4, -0.2) is 41.2 Å². The summed E-state index contributed by atoms with van der Waals surface area (Å²) >= 11 is 0. The van der Waals surface area contributed by atoms with Gasteiger partial charge in [-0.25, -0.2) is 0 Å². The van der Waals surface area contributed by atoms with Crippen LogP contribution in [0.2, 0.25) is 0 Å². The van der Waals surface area contributed by atoms with Gasteiger partial charge in [0.15, 0.2) is 0 Å². The topological polar surface area (TPSA) is 34.1 Å². The van der Waals surface area contributed by atoms with E-state index in [0.717, 1.165) is 37.1 Å². The molecule has 0 aromatic heterocycles. The molecule has 2 heterocycles. The summed E-state index contributed by atoms with van der Waals surface area (Å²) in [6.07, 6.45) is -1.11. The van der Waals surface area contributed by atoms with Gasteiger partial charge >= 0.3 is 6.36 Å². The Morgan fingerprint density at radius 1 is 1.31 bits per heavy atom. The molecular weight excluding hydrogens is 345 g/mol. The molecule has 0 amide bonds. The highest BCUT2D eigenvalue weighted by atomic mass is 19.4. The monoisotopic (exact) mass is 370 g/mol. The molecule has 2 atom stereocenters. The summed E-state index contributed by atoms with van der Waals surface area (Å²) in [5.41, 5.74) is 1.27. The summed E-state index contributed by atoms with van der Waals surface area (Å²) in [7, 11) is 0. The van der Waals surface area contributed by atoms with Gasteiger partial charge in [0.05, 0.1) is 5.71 Å². The van der Waals surface area contributed by atoms with Gasteiger partial charge in [0, 0.05) is 37.9 Å². The van der Waals surface area contributed by atoms with Crippen LogP contribution in [0.5, 0.6) is 5.75 Å². The van der Waals surface area contributed by atoms with Crippen LogP contribution in [-0.2, 0) is 4.84 Å². The molecule has 0 saturated carbocycles. The minimum atomic E-state index is -4.68. The minimum Gasteiger partial charge on any atom is -0.406 e. The Balaban J connectivity index is 1.66. The Bertz CT molecular complexity index is 658. The Kier molecular flexibility index (Phi) is 5.19. The fourth-order valence-electron chi connectivity index (χ4n) is 3.99. The van der Waals surface area contributed by atoms with Gasteiger partial charge in [0.1, 0.15) is 11.4 Å². The lowest BCUT2D eigenvalue weighted by atomic mass is 9.80. The van der Waals surface area contributed by atoms with Crippen LogP contribution >= 0.6 is 0 Å². The second-order valence-electron chi connectivity index (χ2n) is 7.41.